The fourth-order valence-electron chi connectivity index (χ4n) is 2.23. The zero-order chi connectivity index (χ0) is 11.6. The van der Waals surface area contributed by atoms with Crippen LogP contribution in [0.4, 0.5) is 0 Å². The highest BCUT2D eigenvalue weighted by Crippen LogP contribution is 2.21. The highest BCUT2D eigenvalue weighted by atomic mass is 14.8. The van der Waals surface area contributed by atoms with E-state index >= 15 is 0 Å². The van der Waals surface area contributed by atoms with Gasteiger partial charge in [0.25, 0.3) is 0 Å². The Morgan fingerprint density at radius 1 is 1.00 bits per heavy atom. The van der Waals surface area contributed by atoms with Gasteiger partial charge in [-0.25, -0.2) is 0 Å². The second-order valence-electron chi connectivity index (χ2n) is 4.78. The number of unbranched alkanes of at least 4 members (excludes halogenated alkanes) is 5. The molecule has 0 aromatic heterocycles. The number of rotatable bonds is 8. The van der Waals surface area contributed by atoms with Crippen molar-refractivity contribution in [3.8, 4) is 0 Å². The lowest BCUT2D eigenvalue weighted by molar-refractivity contribution is 0.600. The van der Waals surface area contributed by atoms with E-state index in [1.807, 2.05) is 7.05 Å². The summed E-state index contributed by atoms with van der Waals surface area (Å²) in [6, 6.07) is 0. The third-order valence-corrected chi connectivity index (χ3v) is 3.41. The maximum Gasteiger partial charge on any atom is 0.0107 e. The minimum absolute atomic E-state index is 1.21. The zero-order valence-electron chi connectivity index (χ0n) is 11.0. The first-order valence-electron chi connectivity index (χ1n) is 6.93. The lowest BCUT2D eigenvalue weighted by Gasteiger charge is -2.14. The average Bonchev–Trinajstić information content (AvgIpc) is 2.34. The lowest BCUT2D eigenvalue weighted by atomic mass is 9.97. The Morgan fingerprint density at radius 2 is 1.75 bits per heavy atom. The van der Waals surface area contributed by atoms with Gasteiger partial charge in [-0.3, -0.25) is 0 Å². The van der Waals surface area contributed by atoms with Crippen LogP contribution in [0.1, 0.15) is 64.7 Å². The van der Waals surface area contributed by atoms with Gasteiger partial charge in [-0.1, -0.05) is 50.7 Å². The van der Waals surface area contributed by atoms with Crippen molar-refractivity contribution in [1.82, 2.24) is 5.32 Å². The van der Waals surface area contributed by atoms with Crippen LogP contribution in [0, 0.1) is 0 Å². The molecule has 1 heteroatoms. The molecule has 0 saturated heterocycles. The molecule has 0 fully saturated rings. The first-order chi connectivity index (χ1) is 7.86. The fourth-order valence-corrected chi connectivity index (χ4v) is 2.23. The van der Waals surface area contributed by atoms with Crippen LogP contribution in [-0.2, 0) is 0 Å². The molecule has 0 atom stereocenters. The van der Waals surface area contributed by atoms with E-state index < -0.39 is 0 Å². The molecule has 0 amide bonds. The largest absolute Gasteiger partial charge is 0.391 e. The minimum atomic E-state index is 1.21. The molecule has 0 aliphatic heterocycles. The molecule has 0 bridgehead atoms. The summed E-state index contributed by atoms with van der Waals surface area (Å²) in [7, 11) is 2.01. The van der Waals surface area contributed by atoms with Gasteiger partial charge in [-0.15, -0.1) is 0 Å². The van der Waals surface area contributed by atoms with Crippen molar-refractivity contribution in [3.05, 3.63) is 23.4 Å². The highest BCUT2D eigenvalue weighted by Gasteiger charge is 2.04. The molecule has 0 aromatic carbocycles. The molecule has 1 nitrogen and oxygen atoms in total. The maximum absolute atomic E-state index is 3.23. The van der Waals surface area contributed by atoms with Crippen molar-refractivity contribution < 1.29 is 0 Å². The van der Waals surface area contributed by atoms with Gasteiger partial charge in [-0.05, 0) is 31.8 Å². The number of nitrogens with one attached hydrogen (secondary N) is 1. The lowest BCUT2D eigenvalue weighted by Crippen LogP contribution is -2.08. The van der Waals surface area contributed by atoms with Crippen LogP contribution in [0.3, 0.4) is 0 Å². The summed E-state index contributed by atoms with van der Waals surface area (Å²) in [5.74, 6) is 0. The van der Waals surface area contributed by atoms with E-state index in [-0.39, 0.29) is 0 Å². The molecule has 1 N–H and O–H groups in total. The van der Waals surface area contributed by atoms with Gasteiger partial charge in [0.15, 0.2) is 0 Å². The molecule has 0 unspecified atom stereocenters. The van der Waals surface area contributed by atoms with Crippen LogP contribution in [0.5, 0.6) is 0 Å². The van der Waals surface area contributed by atoms with Crippen LogP contribution in [-0.4, -0.2) is 7.05 Å². The molecular weight excluding hydrogens is 194 g/mol. The van der Waals surface area contributed by atoms with Crippen LogP contribution in [0.15, 0.2) is 23.4 Å². The monoisotopic (exact) mass is 221 g/mol. The molecule has 1 aliphatic rings. The average molecular weight is 221 g/mol. The quantitative estimate of drug-likeness (QED) is 0.592. The molecule has 1 rings (SSSR count). The van der Waals surface area contributed by atoms with Crippen LogP contribution in [0.2, 0.25) is 0 Å². The van der Waals surface area contributed by atoms with E-state index in [0.29, 0.717) is 0 Å². The maximum atomic E-state index is 3.23. The van der Waals surface area contributed by atoms with E-state index in [1.165, 1.54) is 63.5 Å². The minimum Gasteiger partial charge on any atom is -0.391 e. The van der Waals surface area contributed by atoms with Crippen molar-refractivity contribution in [2.75, 3.05) is 7.05 Å². The summed E-state index contributed by atoms with van der Waals surface area (Å²) in [5, 5.41) is 3.23. The standard InChI is InChI=1S/C15H27N/c1-3-4-5-6-7-8-9-14-10-12-15(16-2)13-11-14/h10,12,16H,3-9,11,13H2,1-2H3. The van der Waals surface area contributed by atoms with Crippen LogP contribution in [0.25, 0.3) is 0 Å². The second kappa shape index (κ2) is 8.43. The molecule has 0 aromatic rings. The summed E-state index contributed by atoms with van der Waals surface area (Å²) in [6.45, 7) is 2.28. The van der Waals surface area contributed by atoms with Gasteiger partial charge < -0.3 is 5.32 Å². The Morgan fingerprint density at radius 3 is 2.38 bits per heavy atom. The SMILES string of the molecule is CCCCCCCCC1=CC=C(NC)CC1. The summed E-state index contributed by atoms with van der Waals surface area (Å²) < 4.78 is 0. The zero-order valence-corrected chi connectivity index (χ0v) is 11.0. The Balaban J connectivity index is 2.05. The third kappa shape index (κ3) is 5.39. The van der Waals surface area contributed by atoms with Gasteiger partial charge in [0.2, 0.25) is 0 Å². The van der Waals surface area contributed by atoms with Gasteiger partial charge >= 0.3 is 0 Å². The van der Waals surface area contributed by atoms with Gasteiger partial charge in [-0.2, -0.15) is 0 Å². The van der Waals surface area contributed by atoms with Gasteiger partial charge in [0, 0.05) is 12.7 Å². The van der Waals surface area contributed by atoms with Crippen molar-refractivity contribution in [2.45, 2.75) is 64.7 Å². The summed E-state index contributed by atoms with van der Waals surface area (Å²) in [4.78, 5) is 0. The molecule has 1 aliphatic carbocycles. The smallest absolute Gasteiger partial charge is 0.0107 e. The Hall–Kier alpha value is -0.720. The molecule has 16 heavy (non-hydrogen) atoms. The molecule has 0 saturated carbocycles. The molecule has 0 heterocycles. The Labute approximate surface area is 101 Å². The van der Waals surface area contributed by atoms with Gasteiger partial charge in [0.1, 0.15) is 0 Å². The predicted molar refractivity (Wildman–Crippen MR) is 72.5 cm³/mol. The Bertz CT molecular complexity index is 238. The van der Waals surface area contributed by atoms with E-state index in [1.54, 1.807) is 5.57 Å². The summed E-state index contributed by atoms with van der Waals surface area (Å²) >= 11 is 0. The molecule has 92 valence electrons. The highest BCUT2D eigenvalue weighted by molar-refractivity contribution is 5.22. The normalized spacial score (nSPS) is 15.6. The van der Waals surface area contributed by atoms with Crippen molar-refractivity contribution in [2.24, 2.45) is 0 Å². The van der Waals surface area contributed by atoms with Crippen molar-refractivity contribution in [3.63, 3.8) is 0 Å². The number of allylic oxidation sites excluding steroid dienone is 4. The molecule has 0 spiro atoms. The van der Waals surface area contributed by atoms with E-state index in [2.05, 4.69) is 24.4 Å². The van der Waals surface area contributed by atoms with Crippen molar-refractivity contribution >= 4 is 0 Å². The van der Waals surface area contributed by atoms with Crippen molar-refractivity contribution in [1.29, 1.82) is 0 Å². The second-order valence-corrected chi connectivity index (χ2v) is 4.78. The number of hydrogen-bond donors (Lipinski definition) is 1. The van der Waals surface area contributed by atoms with Crippen LogP contribution >= 0.6 is 0 Å². The summed E-state index contributed by atoms with van der Waals surface area (Å²) in [6.07, 6.45) is 16.8. The Kier molecular flexibility index (Phi) is 7.03. The predicted octanol–water partition coefficient (Wildman–Crippen LogP) is 4.56. The third-order valence-electron chi connectivity index (χ3n) is 3.41. The summed E-state index contributed by atoms with van der Waals surface area (Å²) in [5.41, 5.74) is 3.03. The first-order valence-corrected chi connectivity index (χ1v) is 6.93. The van der Waals surface area contributed by atoms with E-state index in [0.717, 1.165) is 0 Å². The van der Waals surface area contributed by atoms with Crippen LogP contribution < -0.4 is 5.32 Å². The molecular formula is C15H27N. The van der Waals surface area contributed by atoms with Gasteiger partial charge in [0.05, 0.1) is 0 Å². The topological polar surface area (TPSA) is 12.0 Å². The van der Waals surface area contributed by atoms with E-state index in [9.17, 15) is 0 Å². The fraction of sp³-hybridized carbons (Fsp3) is 0.733. The molecule has 0 radical (unpaired) electrons. The van der Waals surface area contributed by atoms with E-state index in [4.69, 9.17) is 0 Å². The first kappa shape index (κ1) is 13.3. The number of hydrogen-bond acceptors (Lipinski definition) is 1.